The van der Waals surface area contributed by atoms with Gasteiger partial charge in [-0.2, -0.15) is 15.2 Å². The Kier molecular flexibility index (Phi) is 8.92. The van der Waals surface area contributed by atoms with Crippen molar-refractivity contribution in [1.29, 1.82) is 5.26 Å². The van der Waals surface area contributed by atoms with E-state index in [0.29, 0.717) is 38.8 Å². The Bertz CT molecular complexity index is 1900. The van der Waals surface area contributed by atoms with E-state index in [1.807, 2.05) is 30.3 Å². The molecule has 8 rings (SSSR count). The molecule has 0 bridgehead atoms. The van der Waals surface area contributed by atoms with Crippen LogP contribution in [-0.2, 0) is 24.3 Å². The summed E-state index contributed by atoms with van der Waals surface area (Å²) in [6.45, 7) is 8.24. The van der Waals surface area contributed by atoms with Gasteiger partial charge in [0.05, 0.1) is 36.3 Å². The molecule has 0 N–H and O–H groups in total. The molecule has 1 aromatic heterocycles. The highest BCUT2D eigenvalue weighted by atomic mass is 16.6. The van der Waals surface area contributed by atoms with E-state index in [4.69, 9.17) is 19.4 Å². The maximum atomic E-state index is 13.3. The lowest BCUT2D eigenvalue weighted by atomic mass is 9.99. The number of amides is 1. The van der Waals surface area contributed by atoms with Gasteiger partial charge >= 0.3 is 12.1 Å². The van der Waals surface area contributed by atoms with Crippen LogP contribution in [0.1, 0.15) is 54.5 Å². The lowest BCUT2D eigenvalue weighted by Crippen LogP contribution is -2.55. The van der Waals surface area contributed by atoms with Crippen LogP contribution in [0.15, 0.2) is 66.7 Å². The number of likely N-dealkylation sites (tertiary alicyclic amines) is 1. The first-order valence-electron chi connectivity index (χ1n) is 18.1. The van der Waals surface area contributed by atoms with Crippen molar-refractivity contribution in [2.45, 2.75) is 70.2 Å². The number of aromatic nitrogens is 2. The van der Waals surface area contributed by atoms with Crippen LogP contribution >= 0.6 is 0 Å². The fourth-order valence-corrected chi connectivity index (χ4v) is 8.15. The van der Waals surface area contributed by atoms with Gasteiger partial charge < -0.3 is 24.2 Å². The van der Waals surface area contributed by atoms with E-state index < -0.39 is 0 Å². The fraction of sp³-hybridized carbons (Fsp3) is 0.450. The number of nitriles is 1. The van der Waals surface area contributed by atoms with Crippen LogP contribution in [0.2, 0.25) is 0 Å². The van der Waals surface area contributed by atoms with Crippen molar-refractivity contribution in [3.8, 4) is 12.1 Å². The monoisotopic (exact) mass is 671 g/mol. The van der Waals surface area contributed by atoms with Gasteiger partial charge in [-0.15, -0.1) is 0 Å². The van der Waals surface area contributed by atoms with Gasteiger partial charge in [0.15, 0.2) is 0 Å². The second kappa shape index (κ2) is 13.8. The molecule has 3 aliphatic heterocycles. The molecular weight excluding hydrogens is 626 g/mol. The summed E-state index contributed by atoms with van der Waals surface area (Å²) in [5.41, 5.74) is 5.62. The highest BCUT2D eigenvalue weighted by Crippen LogP contribution is 2.44. The van der Waals surface area contributed by atoms with Crippen molar-refractivity contribution in [1.82, 2.24) is 19.8 Å². The molecule has 258 valence electrons. The lowest BCUT2D eigenvalue weighted by Gasteiger charge is -2.42. The molecule has 2 saturated heterocycles. The minimum atomic E-state index is -0.389. The van der Waals surface area contributed by atoms with E-state index in [1.54, 1.807) is 4.90 Å². The van der Waals surface area contributed by atoms with E-state index in [9.17, 15) is 10.1 Å². The Hall–Kier alpha value is -4.88. The Morgan fingerprint density at radius 1 is 0.940 bits per heavy atom. The van der Waals surface area contributed by atoms with Crippen molar-refractivity contribution >= 4 is 28.4 Å². The smallest absolute Gasteiger partial charge is 0.410 e. The highest BCUT2D eigenvalue weighted by Gasteiger charge is 2.49. The summed E-state index contributed by atoms with van der Waals surface area (Å²) in [4.78, 5) is 32.5. The first kappa shape index (κ1) is 32.3. The third-order valence-corrected chi connectivity index (χ3v) is 11.1. The number of piperazine rings is 1. The number of carbonyl (C=O) groups is 1. The number of hydrogen-bond acceptors (Lipinski definition) is 9. The zero-order chi connectivity index (χ0) is 34.1. The van der Waals surface area contributed by atoms with Crippen molar-refractivity contribution < 1.29 is 14.3 Å². The molecular formula is C40H45N7O3. The third-order valence-electron chi connectivity index (χ3n) is 11.1. The van der Waals surface area contributed by atoms with Crippen molar-refractivity contribution in [2.24, 2.45) is 0 Å². The molecule has 1 saturated carbocycles. The zero-order valence-electron chi connectivity index (χ0n) is 28.9. The second-order valence-electron chi connectivity index (χ2n) is 14.3. The average Bonchev–Trinajstić information content (AvgIpc) is 3.73. The first-order chi connectivity index (χ1) is 24.5. The number of fused-ring (bicyclic) bond motifs is 2. The van der Waals surface area contributed by atoms with Gasteiger partial charge in [0.2, 0.25) is 0 Å². The number of hydrogen-bond donors (Lipinski definition) is 0. The van der Waals surface area contributed by atoms with E-state index in [0.717, 1.165) is 61.5 Å². The van der Waals surface area contributed by atoms with E-state index in [1.165, 1.54) is 34.9 Å². The van der Waals surface area contributed by atoms with Crippen LogP contribution in [0.3, 0.4) is 0 Å². The number of anilines is 2. The van der Waals surface area contributed by atoms with Crippen molar-refractivity contribution in [3.05, 3.63) is 89.1 Å². The molecule has 4 aromatic rings. The van der Waals surface area contributed by atoms with Gasteiger partial charge in [-0.25, -0.2) is 4.79 Å². The van der Waals surface area contributed by atoms with Crippen molar-refractivity contribution in [3.63, 3.8) is 0 Å². The molecule has 0 radical (unpaired) electrons. The van der Waals surface area contributed by atoms with Gasteiger partial charge in [0, 0.05) is 42.8 Å². The SMILES string of the molecule is Cc1cccc2cccc(N3CCc4c(nc(OCC5(N6CCCC6)CC5)nc4N4CCN(C(=O)OCc5ccccc5)[C@@H](CC#N)C4)C3)c12. The molecule has 10 heteroatoms. The van der Waals surface area contributed by atoms with Gasteiger partial charge in [0.1, 0.15) is 19.0 Å². The molecule has 1 atom stereocenters. The summed E-state index contributed by atoms with van der Waals surface area (Å²) in [7, 11) is 0. The Balaban J connectivity index is 1.07. The number of aryl methyl sites for hydroxylation is 1. The molecule has 0 unspecified atom stereocenters. The van der Waals surface area contributed by atoms with Crippen LogP contribution in [0.25, 0.3) is 10.8 Å². The van der Waals surface area contributed by atoms with Crippen LogP contribution in [-0.4, -0.2) is 83.3 Å². The van der Waals surface area contributed by atoms with E-state index in [-0.39, 0.29) is 30.7 Å². The van der Waals surface area contributed by atoms with Crippen LogP contribution < -0.4 is 14.5 Å². The number of benzene rings is 3. The largest absolute Gasteiger partial charge is 0.461 e. The number of ether oxygens (including phenoxy) is 2. The van der Waals surface area contributed by atoms with Gasteiger partial charge in [0.25, 0.3) is 0 Å². The van der Waals surface area contributed by atoms with Crippen molar-refractivity contribution in [2.75, 3.05) is 55.7 Å². The third kappa shape index (κ3) is 6.42. The summed E-state index contributed by atoms with van der Waals surface area (Å²) < 4.78 is 12.2. The Morgan fingerprint density at radius 3 is 2.52 bits per heavy atom. The number of rotatable bonds is 9. The number of nitrogens with zero attached hydrogens (tertiary/aromatic N) is 7. The molecule has 0 spiro atoms. The fourth-order valence-electron chi connectivity index (χ4n) is 8.15. The summed E-state index contributed by atoms with van der Waals surface area (Å²) >= 11 is 0. The van der Waals surface area contributed by atoms with E-state index in [2.05, 4.69) is 64.1 Å². The lowest BCUT2D eigenvalue weighted by molar-refractivity contribution is 0.0767. The first-order valence-corrected chi connectivity index (χ1v) is 18.1. The normalized spacial score (nSPS) is 20.0. The quantitative estimate of drug-likeness (QED) is 0.205. The molecule has 4 heterocycles. The van der Waals surface area contributed by atoms with Gasteiger partial charge in [-0.1, -0.05) is 60.7 Å². The van der Waals surface area contributed by atoms with Crippen LogP contribution in [0.4, 0.5) is 16.3 Å². The zero-order valence-corrected chi connectivity index (χ0v) is 28.9. The highest BCUT2D eigenvalue weighted by molar-refractivity contribution is 5.97. The number of carbonyl (C=O) groups excluding carboxylic acids is 1. The van der Waals surface area contributed by atoms with Gasteiger partial charge in [-0.3, -0.25) is 4.90 Å². The van der Waals surface area contributed by atoms with E-state index >= 15 is 0 Å². The second-order valence-corrected chi connectivity index (χ2v) is 14.3. The van der Waals surface area contributed by atoms with Gasteiger partial charge in [-0.05, 0) is 74.7 Å². The summed E-state index contributed by atoms with van der Waals surface area (Å²) in [6, 6.07) is 25.1. The molecule has 3 fully saturated rings. The topological polar surface area (TPSA) is 98.1 Å². The minimum absolute atomic E-state index is 0.103. The molecule has 4 aliphatic rings. The molecule has 1 amide bonds. The summed E-state index contributed by atoms with van der Waals surface area (Å²) in [5, 5.41) is 12.3. The minimum Gasteiger partial charge on any atom is -0.461 e. The molecule has 3 aromatic carbocycles. The summed E-state index contributed by atoms with van der Waals surface area (Å²) in [6.07, 6.45) is 5.41. The molecule has 10 nitrogen and oxygen atoms in total. The predicted molar refractivity (Wildman–Crippen MR) is 193 cm³/mol. The Labute approximate surface area is 294 Å². The maximum absolute atomic E-state index is 13.3. The molecule has 50 heavy (non-hydrogen) atoms. The average molecular weight is 672 g/mol. The summed E-state index contributed by atoms with van der Waals surface area (Å²) in [5.74, 6) is 0.866. The maximum Gasteiger partial charge on any atom is 0.410 e. The Morgan fingerprint density at radius 2 is 1.74 bits per heavy atom. The van der Waals surface area contributed by atoms with Crippen LogP contribution in [0.5, 0.6) is 6.01 Å². The predicted octanol–water partition coefficient (Wildman–Crippen LogP) is 6.25. The molecule has 1 aliphatic carbocycles. The van der Waals surface area contributed by atoms with Crippen LogP contribution in [0, 0.1) is 18.3 Å². The standard InChI is InChI=1S/C40H45N7O3/c1-29-9-7-12-31-13-8-14-35(36(29)31)44-22-16-33-34(26-44)42-38(50-28-40(17-18-40)46-20-5-6-21-46)43-37(33)45-23-24-47(32(25-45)15-19-41)39(48)49-27-30-10-3-2-4-11-30/h2-4,7-14,32H,5-6,15-18,20-28H2,1H3/t32-/m0/s1.